The lowest BCUT2D eigenvalue weighted by molar-refractivity contribution is 0.483. The molecule has 1 heterocycles. The maximum absolute atomic E-state index is 6.21. The lowest BCUT2D eigenvalue weighted by Crippen LogP contribution is -2.00. The maximum atomic E-state index is 6.21. The van der Waals surface area contributed by atoms with Crippen molar-refractivity contribution in [2.24, 2.45) is 0 Å². The Morgan fingerprint density at radius 3 is 1.36 bits per heavy atom. The van der Waals surface area contributed by atoms with Gasteiger partial charge in [0.05, 0.1) is 0 Å². The minimum atomic E-state index is 0.613. The molecule has 0 fully saturated rings. The molecule has 0 saturated heterocycles. The van der Waals surface area contributed by atoms with Gasteiger partial charge in [0.15, 0.2) is 17.5 Å². The summed E-state index contributed by atoms with van der Waals surface area (Å²) >= 11 is 0. The largest absolute Gasteiger partial charge is 0.457 e. The van der Waals surface area contributed by atoms with Crippen molar-refractivity contribution in [3.05, 3.63) is 164 Å². The smallest absolute Gasteiger partial charge is 0.164 e. The van der Waals surface area contributed by atoms with Gasteiger partial charge in [0.25, 0.3) is 0 Å². The molecule has 0 N–H and O–H groups in total. The quantitative estimate of drug-likeness (QED) is 0.184. The predicted molar refractivity (Wildman–Crippen MR) is 183 cm³/mol. The fourth-order valence-electron chi connectivity index (χ4n) is 5.65. The second kappa shape index (κ2) is 11.5. The van der Waals surface area contributed by atoms with Gasteiger partial charge in [-0.15, -0.1) is 0 Å². The van der Waals surface area contributed by atoms with E-state index in [9.17, 15) is 0 Å². The van der Waals surface area contributed by atoms with Crippen molar-refractivity contribution in [2.75, 3.05) is 0 Å². The summed E-state index contributed by atoms with van der Waals surface area (Å²) in [5.41, 5.74) is 5.10. The predicted octanol–water partition coefficient (Wildman–Crippen LogP) is 10.6. The highest BCUT2D eigenvalue weighted by Gasteiger charge is 2.12. The molecule has 0 saturated carbocycles. The Bertz CT molecular complexity index is 2210. The number of benzene rings is 7. The van der Waals surface area contributed by atoms with Crippen molar-refractivity contribution >= 4 is 21.5 Å². The van der Waals surface area contributed by atoms with Crippen molar-refractivity contribution in [1.29, 1.82) is 0 Å². The Kier molecular flexibility index (Phi) is 6.78. The van der Waals surface area contributed by atoms with Crippen molar-refractivity contribution in [3.63, 3.8) is 0 Å². The molecule has 0 radical (unpaired) electrons. The van der Waals surface area contributed by atoms with E-state index in [1.807, 2.05) is 97.1 Å². The number of nitrogens with zero attached hydrogens (tertiary/aromatic N) is 3. The maximum Gasteiger partial charge on any atom is 0.164 e. The summed E-state index contributed by atoms with van der Waals surface area (Å²) < 4.78 is 6.21. The van der Waals surface area contributed by atoms with Gasteiger partial charge >= 0.3 is 0 Å². The second-order valence-corrected chi connectivity index (χ2v) is 10.9. The van der Waals surface area contributed by atoms with E-state index in [0.717, 1.165) is 33.8 Å². The Morgan fingerprint density at radius 2 is 0.756 bits per heavy atom. The molecule has 0 aliphatic heterocycles. The summed E-state index contributed by atoms with van der Waals surface area (Å²) in [4.78, 5) is 14.4. The molecule has 0 aliphatic carbocycles. The first-order chi connectivity index (χ1) is 22.3. The zero-order chi connectivity index (χ0) is 30.0. The summed E-state index contributed by atoms with van der Waals surface area (Å²) in [5, 5.41) is 5.04. The number of fused-ring (bicyclic) bond motifs is 3. The SMILES string of the molecule is c1ccc(-c2nc(-c3ccccc3)nc(-c3ccc(Oc4ccc(-c5ccc6c(ccc7ccccc76)c5)cc4)cc3)n2)cc1. The molecule has 8 aromatic rings. The van der Waals surface area contributed by atoms with Crippen LogP contribution in [0.25, 0.3) is 66.8 Å². The van der Waals surface area contributed by atoms with Gasteiger partial charge < -0.3 is 4.74 Å². The molecule has 0 atom stereocenters. The van der Waals surface area contributed by atoms with E-state index < -0.39 is 0 Å². The highest BCUT2D eigenvalue weighted by Crippen LogP contribution is 2.32. The zero-order valence-corrected chi connectivity index (χ0v) is 24.3. The van der Waals surface area contributed by atoms with Gasteiger partial charge in [0.1, 0.15) is 11.5 Å². The number of hydrogen-bond donors (Lipinski definition) is 0. The molecular weight excluding hydrogens is 550 g/mol. The third-order valence-electron chi connectivity index (χ3n) is 7.98. The van der Waals surface area contributed by atoms with Crippen LogP contribution in [0.4, 0.5) is 0 Å². The molecule has 0 bridgehead atoms. The number of ether oxygens (including phenoxy) is 1. The van der Waals surface area contributed by atoms with Gasteiger partial charge in [-0.3, -0.25) is 0 Å². The van der Waals surface area contributed by atoms with Crippen LogP contribution in [0.2, 0.25) is 0 Å². The normalized spacial score (nSPS) is 11.1. The fourth-order valence-corrected chi connectivity index (χ4v) is 5.65. The number of rotatable bonds is 6. The van der Waals surface area contributed by atoms with E-state index in [4.69, 9.17) is 19.7 Å². The van der Waals surface area contributed by atoms with E-state index >= 15 is 0 Å². The van der Waals surface area contributed by atoms with Gasteiger partial charge in [0, 0.05) is 16.7 Å². The van der Waals surface area contributed by atoms with Gasteiger partial charge in [0.2, 0.25) is 0 Å². The van der Waals surface area contributed by atoms with Crippen LogP contribution in [-0.2, 0) is 0 Å². The zero-order valence-electron chi connectivity index (χ0n) is 24.3. The van der Waals surface area contributed by atoms with E-state index in [1.54, 1.807) is 0 Å². The number of hydrogen-bond acceptors (Lipinski definition) is 4. The third-order valence-corrected chi connectivity index (χ3v) is 7.98. The van der Waals surface area contributed by atoms with Crippen LogP contribution in [-0.4, -0.2) is 15.0 Å². The van der Waals surface area contributed by atoms with Crippen LogP contribution >= 0.6 is 0 Å². The summed E-state index contributed by atoms with van der Waals surface area (Å²) in [6, 6.07) is 55.7. The molecule has 0 amide bonds. The average Bonchev–Trinajstić information content (AvgIpc) is 3.12. The summed E-state index contributed by atoms with van der Waals surface area (Å²) in [5.74, 6) is 3.40. The molecular formula is C41H27N3O. The van der Waals surface area contributed by atoms with Crippen molar-refractivity contribution in [2.45, 2.75) is 0 Å². The minimum absolute atomic E-state index is 0.613. The first-order valence-electron chi connectivity index (χ1n) is 14.9. The molecule has 1 aromatic heterocycles. The molecule has 45 heavy (non-hydrogen) atoms. The molecule has 0 spiro atoms. The Labute approximate surface area is 261 Å². The Balaban J connectivity index is 1.04. The van der Waals surface area contributed by atoms with Gasteiger partial charge in [-0.1, -0.05) is 121 Å². The van der Waals surface area contributed by atoms with Gasteiger partial charge in [-0.05, 0) is 75.1 Å². The molecule has 0 aliphatic rings. The summed E-state index contributed by atoms with van der Waals surface area (Å²) in [6.07, 6.45) is 0. The monoisotopic (exact) mass is 577 g/mol. The highest BCUT2D eigenvalue weighted by atomic mass is 16.5. The van der Waals surface area contributed by atoms with Crippen molar-refractivity contribution in [1.82, 2.24) is 15.0 Å². The molecule has 7 aromatic carbocycles. The summed E-state index contributed by atoms with van der Waals surface area (Å²) in [7, 11) is 0. The average molecular weight is 578 g/mol. The molecule has 4 nitrogen and oxygen atoms in total. The van der Waals surface area contributed by atoms with Crippen LogP contribution in [0.15, 0.2) is 164 Å². The van der Waals surface area contributed by atoms with Crippen molar-refractivity contribution in [3.8, 4) is 56.8 Å². The van der Waals surface area contributed by atoms with E-state index in [-0.39, 0.29) is 0 Å². The number of aromatic nitrogens is 3. The van der Waals surface area contributed by atoms with E-state index in [1.165, 1.54) is 27.1 Å². The first kappa shape index (κ1) is 26.5. The molecule has 8 rings (SSSR count). The van der Waals surface area contributed by atoms with E-state index in [2.05, 4.69) is 66.7 Å². The lowest BCUT2D eigenvalue weighted by atomic mass is 9.97. The topological polar surface area (TPSA) is 47.9 Å². The van der Waals surface area contributed by atoms with Crippen LogP contribution < -0.4 is 4.74 Å². The van der Waals surface area contributed by atoms with E-state index in [0.29, 0.717) is 17.5 Å². The van der Waals surface area contributed by atoms with Crippen LogP contribution in [0.3, 0.4) is 0 Å². The van der Waals surface area contributed by atoms with Crippen LogP contribution in [0.1, 0.15) is 0 Å². The molecule has 212 valence electrons. The fraction of sp³-hybridized carbons (Fsp3) is 0. The standard InChI is InChI=1S/C41H27N3O/c1-3-10-30(11-4-1)39-42-40(31-12-5-2-6-13-31)44-41(43-39)32-19-24-36(25-20-32)45-35-22-17-28(18-23-35)33-21-26-38-34(27-33)16-15-29-9-7-8-14-37(29)38/h1-27H. The van der Waals surface area contributed by atoms with Crippen LogP contribution in [0.5, 0.6) is 11.5 Å². The van der Waals surface area contributed by atoms with Gasteiger partial charge in [-0.25, -0.2) is 15.0 Å². The minimum Gasteiger partial charge on any atom is -0.457 e. The third kappa shape index (κ3) is 5.41. The van der Waals surface area contributed by atoms with Crippen LogP contribution in [0, 0.1) is 0 Å². The molecule has 0 unspecified atom stereocenters. The van der Waals surface area contributed by atoms with Gasteiger partial charge in [-0.2, -0.15) is 0 Å². The van der Waals surface area contributed by atoms with Crippen molar-refractivity contribution < 1.29 is 4.74 Å². The second-order valence-electron chi connectivity index (χ2n) is 10.9. The first-order valence-corrected chi connectivity index (χ1v) is 14.9. The summed E-state index contributed by atoms with van der Waals surface area (Å²) in [6.45, 7) is 0. The lowest BCUT2D eigenvalue weighted by Gasteiger charge is -2.10. The Morgan fingerprint density at radius 1 is 0.311 bits per heavy atom. The Hall–Kier alpha value is -6.13. The highest BCUT2D eigenvalue weighted by molar-refractivity contribution is 6.08. The molecule has 4 heteroatoms.